The smallest absolute Gasteiger partial charge is 0.191 e. The lowest BCUT2D eigenvalue weighted by atomic mass is 10.0. The summed E-state index contributed by atoms with van der Waals surface area (Å²) in [5.41, 5.74) is 6.15. The fraction of sp³-hybridized carbons (Fsp3) is 0.812. The van der Waals surface area contributed by atoms with Crippen LogP contribution in [0.25, 0.3) is 0 Å². The summed E-state index contributed by atoms with van der Waals surface area (Å²) in [5.74, 6) is 3.63. The predicted octanol–water partition coefficient (Wildman–Crippen LogP) is 1.59. The fourth-order valence-corrected chi connectivity index (χ4v) is 3.50. The van der Waals surface area contributed by atoms with Crippen LogP contribution in [0.5, 0.6) is 0 Å². The van der Waals surface area contributed by atoms with Crippen LogP contribution in [-0.2, 0) is 19.4 Å². The minimum absolute atomic E-state index is 0.696. The van der Waals surface area contributed by atoms with E-state index in [4.69, 9.17) is 5.73 Å². The van der Waals surface area contributed by atoms with E-state index in [2.05, 4.69) is 31.6 Å². The number of aromatic nitrogens is 3. The van der Waals surface area contributed by atoms with Gasteiger partial charge in [0.25, 0.3) is 0 Å². The number of hydrogen-bond acceptors (Lipinski definition) is 3. The van der Waals surface area contributed by atoms with Gasteiger partial charge >= 0.3 is 0 Å². The van der Waals surface area contributed by atoms with Crippen LogP contribution in [0.4, 0.5) is 0 Å². The third-order valence-electron chi connectivity index (χ3n) is 4.78. The van der Waals surface area contributed by atoms with Gasteiger partial charge < -0.3 is 15.2 Å². The number of nitrogens with zero attached hydrogens (tertiary/aromatic N) is 5. The molecule has 1 saturated heterocycles. The molecule has 1 aromatic heterocycles. The minimum Gasteiger partial charge on any atom is -0.370 e. The second kappa shape index (κ2) is 7.11. The highest BCUT2D eigenvalue weighted by Crippen LogP contribution is 2.16. The predicted molar refractivity (Wildman–Crippen MR) is 87.7 cm³/mol. The Morgan fingerprint density at radius 3 is 3.00 bits per heavy atom. The lowest BCUT2D eigenvalue weighted by Crippen LogP contribution is -2.43. The average Bonchev–Trinajstić information content (AvgIpc) is 2.75. The van der Waals surface area contributed by atoms with E-state index in [1.165, 1.54) is 32.1 Å². The van der Waals surface area contributed by atoms with Crippen molar-refractivity contribution < 1.29 is 0 Å². The van der Waals surface area contributed by atoms with Gasteiger partial charge in [-0.05, 0) is 31.6 Å². The van der Waals surface area contributed by atoms with Crippen molar-refractivity contribution in [3.05, 3.63) is 11.6 Å². The first-order valence-corrected chi connectivity index (χ1v) is 8.70. The summed E-state index contributed by atoms with van der Waals surface area (Å²) in [6, 6.07) is 0. The minimum atomic E-state index is 0.696. The molecule has 0 spiro atoms. The molecular weight excluding hydrogens is 276 g/mol. The number of likely N-dealkylation sites (tertiary alicyclic amines) is 1. The van der Waals surface area contributed by atoms with Gasteiger partial charge in [0.1, 0.15) is 11.6 Å². The Kier molecular flexibility index (Phi) is 4.95. The standard InChI is InChI=1S/C16H28N6/c1-13-6-5-10-21(12-13)16(17)18-9-8-15-20-19-14-7-3-2-4-11-22(14)15/h13H,2-12H2,1H3,(H2,17,18). The molecule has 1 unspecified atom stereocenters. The molecule has 0 amide bonds. The highest BCUT2D eigenvalue weighted by atomic mass is 15.3. The molecule has 2 N–H and O–H groups in total. The van der Waals surface area contributed by atoms with Crippen molar-refractivity contribution in [3.8, 4) is 0 Å². The molecule has 122 valence electrons. The van der Waals surface area contributed by atoms with Gasteiger partial charge in [-0.1, -0.05) is 13.3 Å². The van der Waals surface area contributed by atoms with Crippen molar-refractivity contribution in [3.63, 3.8) is 0 Å². The molecule has 6 nitrogen and oxygen atoms in total. The second-order valence-electron chi connectivity index (χ2n) is 6.68. The molecule has 2 aliphatic rings. The van der Waals surface area contributed by atoms with Crippen LogP contribution in [0.2, 0.25) is 0 Å². The first kappa shape index (κ1) is 15.3. The Labute approximate surface area is 132 Å². The van der Waals surface area contributed by atoms with E-state index in [0.717, 1.165) is 50.0 Å². The highest BCUT2D eigenvalue weighted by molar-refractivity contribution is 5.78. The van der Waals surface area contributed by atoms with Crippen LogP contribution >= 0.6 is 0 Å². The van der Waals surface area contributed by atoms with Gasteiger partial charge in [0, 0.05) is 39.0 Å². The maximum atomic E-state index is 6.15. The first-order chi connectivity index (χ1) is 10.7. The van der Waals surface area contributed by atoms with Crippen molar-refractivity contribution in [2.75, 3.05) is 19.6 Å². The summed E-state index contributed by atoms with van der Waals surface area (Å²) in [4.78, 5) is 6.79. The monoisotopic (exact) mass is 304 g/mol. The number of aryl methyl sites for hydroxylation is 1. The van der Waals surface area contributed by atoms with Crippen LogP contribution < -0.4 is 5.73 Å². The molecule has 1 fully saturated rings. The van der Waals surface area contributed by atoms with E-state index >= 15 is 0 Å². The molecule has 1 atom stereocenters. The van der Waals surface area contributed by atoms with E-state index in [-0.39, 0.29) is 0 Å². The molecule has 3 rings (SSSR count). The Balaban J connectivity index is 1.56. The third kappa shape index (κ3) is 3.59. The van der Waals surface area contributed by atoms with Crippen molar-refractivity contribution in [2.24, 2.45) is 16.6 Å². The summed E-state index contributed by atoms with van der Waals surface area (Å²) in [6.07, 6.45) is 8.17. The molecule has 0 aromatic carbocycles. The van der Waals surface area contributed by atoms with Crippen LogP contribution in [-0.4, -0.2) is 45.3 Å². The zero-order valence-electron chi connectivity index (χ0n) is 13.7. The highest BCUT2D eigenvalue weighted by Gasteiger charge is 2.18. The quantitative estimate of drug-likeness (QED) is 0.680. The molecule has 2 aliphatic heterocycles. The van der Waals surface area contributed by atoms with Gasteiger partial charge in [-0.3, -0.25) is 4.99 Å². The third-order valence-corrected chi connectivity index (χ3v) is 4.78. The number of nitrogens with two attached hydrogens (primary N) is 1. The first-order valence-electron chi connectivity index (χ1n) is 8.70. The van der Waals surface area contributed by atoms with E-state index in [1.54, 1.807) is 0 Å². The lowest BCUT2D eigenvalue weighted by Gasteiger charge is -2.31. The Morgan fingerprint density at radius 1 is 1.23 bits per heavy atom. The average molecular weight is 304 g/mol. The molecular formula is C16H28N6. The van der Waals surface area contributed by atoms with E-state index in [0.29, 0.717) is 12.5 Å². The molecule has 1 aromatic rings. The van der Waals surface area contributed by atoms with Gasteiger partial charge in [0.2, 0.25) is 0 Å². The van der Waals surface area contributed by atoms with Gasteiger partial charge in [0.15, 0.2) is 5.96 Å². The van der Waals surface area contributed by atoms with Gasteiger partial charge in [-0.25, -0.2) is 0 Å². The van der Waals surface area contributed by atoms with E-state index < -0.39 is 0 Å². The summed E-state index contributed by atoms with van der Waals surface area (Å²) in [7, 11) is 0. The molecule has 0 bridgehead atoms. The van der Waals surface area contributed by atoms with Crippen molar-refractivity contribution in [1.82, 2.24) is 19.7 Å². The van der Waals surface area contributed by atoms with Crippen LogP contribution in [0.1, 0.15) is 50.7 Å². The fourth-order valence-electron chi connectivity index (χ4n) is 3.50. The second-order valence-corrected chi connectivity index (χ2v) is 6.68. The van der Waals surface area contributed by atoms with E-state index in [9.17, 15) is 0 Å². The Bertz CT molecular complexity index is 521. The molecule has 0 saturated carbocycles. The summed E-state index contributed by atoms with van der Waals surface area (Å²) in [6.45, 7) is 6.12. The largest absolute Gasteiger partial charge is 0.370 e. The zero-order chi connectivity index (χ0) is 15.4. The summed E-state index contributed by atoms with van der Waals surface area (Å²) < 4.78 is 2.29. The number of rotatable bonds is 3. The molecule has 22 heavy (non-hydrogen) atoms. The number of hydrogen-bond donors (Lipinski definition) is 1. The van der Waals surface area contributed by atoms with Gasteiger partial charge in [-0.15, -0.1) is 10.2 Å². The van der Waals surface area contributed by atoms with Gasteiger partial charge in [0.05, 0.1) is 0 Å². The number of fused-ring (bicyclic) bond motifs is 1. The number of piperidine rings is 1. The van der Waals surface area contributed by atoms with Crippen molar-refractivity contribution in [2.45, 2.75) is 58.4 Å². The van der Waals surface area contributed by atoms with Crippen LogP contribution in [0.15, 0.2) is 4.99 Å². The molecule has 3 heterocycles. The topological polar surface area (TPSA) is 72.3 Å². The van der Waals surface area contributed by atoms with Crippen LogP contribution in [0, 0.1) is 5.92 Å². The van der Waals surface area contributed by atoms with Gasteiger partial charge in [-0.2, -0.15) is 0 Å². The normalized spacial score (nSPS) is 23.2. The zero-order valence-corrected chi connectivity index (χ0v) is 13.7. The summed E-state index contributed by atoms with van der Waals surface area (Å²) >= 11 is 0. The molecule has 6 heteroatoms. The maximum absolute atomic E-state index is 6.15. The molecule has 0 radical (unpaired) electrons. The molecule has 0 aliphatic carbocycles. The summed E-state index contributed by atoms with van der Waals surface area (Å²) in [5, 5.41) is 8.69. The SMILES string of the molecule is CC1CCCN(C(N)=NCCc2nnc3n2CCCCC3)C1. The van der Waals surface area contributed by atoms with Crippen LogP contribution in [0.3, 0.4) is 0 Å². The van der Waals surface area contributed by atoms with Crippen molar-refractivity contribution in [1.29, 1.82) is 0 Å². The number of aliphatic imine (C=N–C) groups is 1. The Hall–Kier alpha value is -1.59. The number of guanidine groups is 1. The maximum Gasteiger partial charge on any atom is 0.191 e. The Morgan fingerprint density at radius 2 is 2.14 bits per heavy atom. The lowest BCUT2D eigenvalue weighted by molar-refractivity contribution is 0.270. The van der Waals surface area contributed by atoms with E-state index in [1.807, 2.05) is 0 Å². The van der Waals surface area contributed by atoms with Crippen molar-refractivity contribution >= 4 is 5.96 Å².